The van der Waals surface area contributed by atoms with Crippen molar-refractivity contribution in [1.29, 1.82) is 0 Å². The zero-order chi connectivity index (χ0) is 12.8. The first-order valence-electron chi connectivity index (χ1n) is 5.09. The number of carbonyl (C=O) groups is 1. The first kappa shape index (κ1) is 12.0. The number of aromatic carboxylic acids is 1. The molecule has 17 heavy (non-hydrogen) atoms. The van der Waals surface area contributed by atoms with Gasteiger partial charge >= 0.3 is 5.97 Å². The molecule has 0 aliphatic carbocycles. The molecule has 0 radical (unpaired) electrons. The van der Waals surface area contributed by atoms with Gasteiger partial charge in [-0.15, -0.1) is 0 Å². The van der Waals surface area contributed by atoms with Crippen LogP contribution in [0.1, 0.15) is 37.0 Å². The molecule has 2 aromatic heterocycles. The summed E-state index contributed by atoms with van der Waals surface area (Å²) in [6, 6.07) is 1.53. The third kappa shape index (κ3) is 2.17. The van der Waals surface area contributed by atoms with Crippen LogP contribution < -0.4 is 0 Å². The number of aromatic nitrogens is 3. The Hall–Kier alpha value is -1.43. The second-order valence-corrected chi connectivity index (χ2v) is 5.75. The molecule has 0 aliphatic rings. The molecule has 0 unspecified atom stereocenters. The number of hydrogen-bond acceptors (Lipinski definition) is 3. The molecular formula is C11H12BrN3O2. The van der Waals surface area contributed by atoms with Crippen LogP contribution >= 0.6 is 15.9 Å². The SMILES string of the molecule is CC(C)(C)c1nc2c(C(=O)O)cc(Br)cn2n1. The van der Waals surface area contributed by atoms with Gasteiger partial charge in [-0.3, -0.25) is 0 Å². The smallest absolute Gasteiger partial charge is 0.339 e. The van der Waals surface area contributed by atoms with Gasteiger partial charge in [0.2, 0.25) is 0 Å². The quantitative estimate of drug-likeness (QED) is 0.878. The van der Waals surface area contributed by atoms with Crippen LogP contribution in [0.25, 0.3) is 5.65 Å². The van der Waals surface area contributed by atoms with Gasteiger partial charge in [-0.2, -0.15) is 5.10 Å². The maximum Gasteiger partial charge on any atom is 0.339 e. The molecule has 0 aliphatic heterocycles. The lowest BCUT2D eigenvalue weighted by Gasteiger charge is -2.11. The summed E-state index contributed by atoms with van der Waals surface area (Å²) in [5.74, 6) is -0.387. The van der Waals surface area contributed by atoms with E-state index in [1.807, 2.05) is 20.8 Å². The van der Waals surface area contributed by atoms with Gasteiger partial charge in [0.15, 0.2) is 11.5 Å². The second-order valence-electron chi connectivity index (χ2n) is 4.83. The lowest BCUT2D eigenvalue weighted by Crippen LogP contribution is -2.13. The fourth-order valence-electron chi connectivity index (χ4n) is 1.43. The summed E-state index contributed by atoms with van der Waals surface area (Å²) in [5.41, 5.74) is 0.293. The molecule has 0 amide bonds. The minimum atomic E-state index is -1.01. The predicted molar refractivity (Wildman–Crippen MR) is 66.3 cm³/mol. The van der Waals surface area contributed by atoms with Crippen molar-refractivity contribution in [2.45, 2.75) is 26.2 Å². The number of fused-ring (bicyclic) bond motifs is 1. The summed E-state index contributed by atoms with van der Waals surface area (Å²) in [4.78, 5) is 15.4. The Balaban J connectivity index is 2.76. The molecule has 2 aromatic rings. The van der Waals surface area contributed by atoms with E-state index in [1.54, 1.807) is 6.20 Å². The van der Waals surface area contributed by atoms with Crippen LogP contribution in [0.2, 0.25) is 0 Å². The largest absolute Gasteiger partial charge is 0.478 e. The van der Waals surface area contributed by atoms with Crippen molar-refractivity contribution in [3.63, 3.8) is 0 Å². The Morgan fingerprint density at radius 3 is 2.65 bits per heavy atom. The molecule has 0 saturated carbocycles. The number of halogens is 1. The van der Waals surface area contributed by atoms with Gasteiger partial charge in [-0.1, -0.05) is 20.8 Å². The zero-order valence-electron chi connectivity index (χ0n) is 9.73. The first-order chi connectivity index (χ1) is 7.79. The van der Waals surface area contributed by atoms with E-state index in [0.717, 1.165) is 0 Å². The molecular weight excluding hydrogens is 286 g/mol. The van der Waals surface area contributed by atoms with Crippen LogP contribution in [-0.2, 0) is 5.41 Å². The highest BCUT2D eigenvalue weighted by Gasteiger charge is 2.22. The molecule has 6 heteroatoms. The summed E-state index contributed by atoms with van der Waals surface area (Å²) in [6.45, 7) is 5.95. The standard InChI is InChI=1S/C11H12BrN3O2/c1-11(2,3)10-13-8-7(9(16)17)4-6(12)5-15(8)14-10/h4-5H,1-3H3,(H,16,17). The molecule has 2 rings (SSSR count). The van der Waals surface area contributed by atoms with Gasteiger partial charge in [0.25, 0.3) is 0 Å². The molecule has 0 atom stereocenters. The maximum atomic E-state index is 11.1. The van der Waals surface area contributed by atoms with Gasteiger partial charge in [-0.05, 0) is 22.0 Å². The van der Waals surface area contributed by atoms with Crippen molar-refractivity contribution in [2.24, 2.45) is 0 Å². The Morgan fingerprint density at radius 2 is 2.12 bits per heavy atom. The average Bonchev–Trinajstić information content (AvgIpc) is 2.58. The fraction of sp³-hybridized carbons (Fsp3) is 0.364. The van der Waals surface area contributed by atoms with E-state index in [1.165, 1.54) is 10.6 Å². The number of rotatable bonds is 1. The highest BCUT2D eigenvalue weighted by Crippen LogP contribution is 2.22. The summed E-state index contributed by atoms with van der Waals surface area (Å²) >= 11 is 3.26. The van der Waals surface area contributed by atoms with Crippen molar-refractivity contribution in [3.8, 4) is 0 Å². The van der Waals surface area contributed by atoms with Crippen LogP contribution in [-0.4, -0.2) is 25.7 Å². The van der Waals surface area contributed by atoms with E-state index in [0.29, 0.717) is 15.9 Å². The Kier molecular flexibility index (Phi) is 2.69. The lowest BCUT2D eigenvalue weighted by molar-refractivity contribution is 0.0698. The van der Waals surface area contributed by atoms with E-state index >= 15 is 0 Å². The van der Waals surface area contributed by atoms with Crippen LogP contribution in [0.15, 0.2) is 16.7 Å². The minimum Gasteiger partial charge on any atom is -0.478 e. The lowest BCUT2D eigenvalue weighted by atomic mass is 9.96. The topological polar surface area (TPSA) is 67.5 Å². The molecule has 90 valence electrons. The van der Waals surface area contributed by atoms with Crippen molar-refractivity contribution in [2.75, 3.05) is 0 Å². The summed E-state index contributed by atoms with van der Waals surface area (Å²) < 4.78 is 2.15. The molecule has 2 heterocycles. The minimum absolute atomic E-state index is 0.141. The van der Waals surface area contributed by atoms with E-state index in [-0.39, 0.29) is 11.0 Å². The Morgan fingerprint density at radius 1 is 1.47 bits per heavy atom. The Labute approximate surface area is 107 Å². The highest BCUT2D eigenvalue weighted by molar-refractivity contribution is 9.10. The van der Waals surface area contributed by atoms with Crippen LogP contribution in [0.3, 0.4) is 0 Å². The van der Waals surface area contributed by atoms with Crippen molar-refractivity contribution in [3.05, 3.63) is 28.1 Å². The highest BCUT2D eigenvalue weighted by atomic mass is 79.9. The number of carboxylic acids is 1. The number of hydrogen-bond donors (Lipinski definition) is 1. The number of nitrogens with zero attached hydrogens (tertiary/aromatic N) is 3. The Bertz CT molecular complexity index is 599. The third-order valence-corrected chi connectivity index (χ3v) is 2.73. The van der Waals surface area contributed by atoms with E-state index in [9.17, 15) is 4.79 Å². The average molecular weight is 298 g/mol. The van der Waals surface area contributed by atoms with Crippen LogP contribution in [0, 0.1) is 0 Å². The van der Waals surface area contributed by atoms with E-state index in [4.69, 9.17) is 5.11 Å². The normalized spacial score (nSPS) is 12.0. The molecule has 0 saturated heterocycles. The third-order valence-electron chi connectivity index (χ3n) is 2.30. The maximum absolute atomic E-state index is 11.1. The molecule has 1 N–H and O–H groups in total. The summed E-state index contributed by atoms with van der Waals surface area (Å²) in [5, 5.41) is 13.4. The monoisotopic (exact) mass is 297 g/mol. The van der Waals surface area contributed by atoms with Gasteiger partial charge in [-0.25, -0.2) is 14.3 Å². The van der Waals surface area contributed by atoms with Gasteiger partial charge in [0.05, 0.1) is 0 Å². The molecule has 5 nitrogen and oxygen atoms in total. The fourth-order valence-corrected chi connectivity index (χ4v) is 1.85. The van der Waals surface area contributed by atoms with E-state index < -0.39 is 5.97 Å². The van der Waals surface area contributed by atoms with Crippen LogP contribution in [0.5, 0.6) is 0 Å². The first-order valence-corrected chi connectivity index (χ1v) is 5.88. The van der Waals surface area contributed by atoms with Gasteiger partial charge in [0, 0.05) is 16.1 Å². The molecule has 0 bridgehead atoms. The number of carboxylic acid groups (broad SMARTS) is 1. The summed E-state index contributed by atoms with van der Waals surface area (Å²) in [7, 11) is 0. The second kappa shape index (κ2) is 3.80. The molecule has 0 spiro atoms. The van der Waals surface area contributed by atoms with Crippen molar-refractivity contribution in [1.82, 2.24) is 14.6 Å². The zero-order valence-corrected chi connectivity index (χ0v) is 11.3. The molecule has 0 fully saturated rings. The van der Waals surface area contributed by atoms with Crippen molar-refractivity contribution < 1.29 is 9.90 Å². The van der Waals surface area contributed by atoms with E-state index in [2.05, 4.69) is 26.0 Å². The predicted octanol–water partition coefficient (Wildman–Crippen LogP) is 2.49. The molecule has 0 aromatic carbocycles. The van der Waals surface area contributed by atoms with Crippen molar-refractivity contribution >= 4 is 27.5 Å². The van der Waals surface area contributed by atoms with Crippen LogP contribution in [0.4, 0.5) is 0 Å². The summed E-state index contributed by atoms with van der Waals surface area (Å²) in [6.07, 6.45) is 1.70. The van der Waals surface area contributed by atoms with Gasteiger partial charge < -0.3 is 5.11 Å². The number of pyridine rings is 1. The van der Waals surface area contributed by atoms with Gasteiger partial charge in [0.1, 0.15) is 5.56 Å².